The maximum absolute atomic E-state index is 11.6. The Kier molecular flexibility index (Phi) is 5.79. The lowest BCUT2D eigenvalue weighted by molar-refractivity contribution is -1.03. The van der Waals surface area contributed by atoms with Crippen LogP contribution in [0.25, 0.3) is 0 Å². The van der Waals surface area contributed by atoms with Crippen molar-refractivity contribution in [3.63, 3.8) is 0 Å². The number of likely N-dealkylation sites (N-methyl/N-ethyl adjacent to an activating group) is 1. The molecule has 1 saturated heterocycles. The van der Waals surface area contributed by atoms with E-state index in [4.69, 9.17) is 0 Å². The first-order chi connectivity index (χ1) is 9.90. The van der Waals surface area contributed by atoms with E-state index in [1.807, 2.05) is 13.0 Å². The Hall–Kier alpha value is -0.470. The molecular formula is C14H27N3O2S2+2. The molecule has 120 valence electrons. The Morgan fingerprint density at radius 3 is 2.48 bits per heavy atom. The van der Waals surface area contributed by atoms with E-state index < -0.39 is 10.0 Å². The Bertz CT molecular complexity index is 522. The second-order valence-corrected chi connectivity index (χ2v) is 8.69. The van der Waals surface area contributed by atoms with Gasteiger partial charge in [0, 0.05) is 0 Å². The van der Waals surface area contributed by atoms with Crippen molar-refractivity contribution in [2.24, 2.45) is 0 Å². The summed E-state index contributed by atoms with van der Waals surface area (Å²) in [4.78, 5) is 4.42. The van der Waals surface area contributed by atoms with Gasteiger partial charge in [-0.1, -0.05) is 6.07 Å². The molecule has 1 aromatic heterocycles. The molecule has 0 aliphatic carbocycles. The Morgan fingerprint density at radius 1 is 1.33 bits per heavy atom. The first kappa shape index (κ1) is 16.9. The van der Waals surface area contributed by atoms with Crippen molar-refractivity contribution >= 4 is 21.4 Å². The molecule has 1 fully saturated rings. The lowest BCUT2D eigenvalue weighted by atomic mass is 10.1. The number of rotatable bonds is 6. The zero-order valence-corrected chi connectivity index (χ0v) is 14.7. The quantitative estimate of drug-likeness (QED) is 0.595. The van der Waals surface area contributed by atoms with E-state index in [1.165, 1.54) is 35.7 Å². The van der Waals surface area contributed by atoms with Gasteiger partial charge < -0.3 is 9.80 Å². The molecule has 7 heteroatoms. The van der Waals surface area contributed by atoms with Crippen molar-refractivity contribution in [1.29, 1.82) is 0 Å². The Labute approximate surface area is 132 Å². The van der Waals surface area contributed by atoms with Crippen molar-refractivity contribution in [2.45, 2.75) is 25.9 Å². The molecule has 2 atom stereocenters. The standard InChI is InChI=1S/C14H25N3O2S2/c1-4-16-7-9-17(10-8-16)14(13-6-5-11-20-13)12(2)15-21(3,18)19/h5-6,11-12,14-15H,4,7-10H2,1-3H3/p+2/t12-,14-/m0/s1. The predicted octanol–water partition coefficient (Wildman–Crippen LogP) is -1.47. The first-order valence-electron chi connectivity index (χ1n) is 7.59. The van der Waals surface area contributed by atoms with Crippen LogP contribution in [0.5, 0.6) is 0 Å². The van der Waals surface area contributed by atoms with E-state index in [0.717, 1.165) is 13.1 Å². The summed E-state index contributed by atoms with van der Waals surface area (Å²) in [5, 5.41) is 2.07. The van der Waals surface area contributed by atoms with Crippen molar-refractivity contribution in [2.75, 3.05) is 39.0 Å². The smallest absolute Gasteiger partial charge is 0.209 e. The Balaban J connectivity index is 2.14. The summed E-state index contributed by atoms with van der Waals surface area (Å²) in [6.07, 6.45) is 1.24. The molecule has 0 spiro atoms. The monoisotopic (exact) mass is 333 g/mol. The summed E-state index contributed by atoms with van der Waals surface area (Å²) in [6.45, 7) is 9.91. The van der Waals surface area contributed by atoms with Gasteiger partial charge in [0.2, 0.25) is 10.0 Å². The predicted molar refractivity (Wildman–Crippen MR) is 86.4 cm³/mol. The van der Waals surface area contributed by atoms with Gasteiger partial charge in [-0.25, -0.2) is 13.1 Å². The van der Waals surface area contributed by atoms with Crippen LogP contribution in [0.1, 0.15) is 24.8 Å². The fourth-order valence-electron chi connectivity index (χ4n) is 3.26. The molecule has 0 saturated carbocycles. The van der Waals surface area contributed by atoms with Gasteiger partial charge in [-0.05, 0) is 25.3 Å². The van der Waals surface area contributed by atoms with E-state index in [-0.39, 0.29) is 12.1 Å². The minimum absolute atomic E-state index is 0.0863. The van der Waals surface area contributed by atoms with Crippen LogP contribution in [-0.2, 0) is 10.0 Å². The molecule has 5 nitrogen and oxygen atoms in total. The van der Waals surface area contributed by atoms with Gasteiger partial charge in [0.25, 0.3) is 0 Å². The van der Waals surface area contributed by atoms with E-state index in [2.05, 4.69) is 23.1 Å². The van der Waals surface area contributed by atoms with Crippen molar-refractivity contribution in [1.82, 2.24) is 4.72 Å². The molecular weight excluding hydrogens is 306 g/mol. The van der Waals surface area contributed by atoms with Crippen LogP contribution in [0.2, 0.25) is 0 Å². The average molecular weight is 334 g/mol. The number of nitrogens with one attached hydrogen (secondary N) is 3. The molecule has 21 heavy (non-hydrogen) atoms. The molecule has 1 aromatic rings. The molecule has 0 bridgehead atoms. The van der Waals surface area contributed by atoms with Gasteiger partial charge in [-0.3, -0.25) is 0 Å². The van der Waals surface area contributed by atoms with Crippen LogP contribution in [-0.4, -0.2) is 53.4 Å². The summed E-state index contributed by atoms with van der Waals surface area (Å²) in [6, 6.07) is 4.30. The highest BCUT2D eigenvalue weighted by Crippen LogP contribution is 2.20. The van der Waals surface area contributed by atoms with Crippen LogP contribution >= 0.6 is 11.3 Å². The maximum atomic E-state index is 11.6. The average Bonchev–Trinajstić information content (AvgIpc) is 2.91. The number of thiophene rings is 1. The topological polar surface area (TPSA) is 55.1 Å². The first-order valence-corrected chi connectivity index (χ1v) is 10.4. The fourth-order valence-corrected chi connectivity index (χ4v) is 5.06. The van der Waals surface area contributed by atoms with Crippen LogP contribution in [0.15, 0.2) is 17.5 Å². The summed E-state index contributed by atoms with van der Waals surface area (Å²) in [5.74, 6) is 0. The van der Waals surface area contributed by atoms with Gasteiger partial charge in [0.1, 0.15) is 32.2 Å². The summed E-state index contributed by atoms with van der Waals surface area (Å²) in [7, 11) is -3.18. The van der Waals surface area contributed by atoms with E-state index in [9.17, 15) is 8.42 Å². The van der Waals surface area contributed by atoms with Gasteiger partial charge in [0.15, 0.2) is 0 Å². The van der Waals surface area contributed by atoms with Crippen molar-refractivity contribution < 1.29 is 18.2 Å². The number of hydrogen-bond acceptors (Lipinski definition) is 3. The van der Waals surface area contributed by atoms with Crippen LogP contribution < -0.4 is 14.5 Å². The minimum atomic E-state index is -3.18. The van der Waals surface area contributed by atoms with Gasteiger partial charge in [-0.15, -0.1) is 11.3 Å². The highest BCUT2D eigenvalue weighted by molar-refractivity contribution is 7.88. The SMILES string of the molecule is CC[NH+]1CC[NH+]([C@H](c2cccs2)[C@H](C)NS(C)(=O)=O)CC1. The van der Waals surface area contributed by atoms with E-state index in [0.29, 0.717) is 0 Å². The van der Waals surface area contributed by atoms with Crippen molar-refractivity contribution in [3.05, 3.63) is 22.4 Å². The maximum Gasteiger partial charge on any atom is 0.209 e. The van der Waals surface area contributed by atoms with Gasteiger partial charge in [-0.2, -0.15) is 0 Å². The molecule has 0 radical (unpaired) electrons. The van der Waals surface area contributed by atoms with E-state index >= 15 is 0 Å². The van der Waals surface area contributed by atoms with Gasteiger partial charge in [0.05, 0.1) is 23.7 Å². The molecule has 1 aliphatic heterocycles. The number of piperazine rings is 1. The second kappa shape index (κ2) is 7.19. The van der Waals surface area contributed by atoms with E-state index in [1.54, 1.807) is 16.2 Å². The minimum Gasteiger partial charge on any atom is -0.326 e. The molecule has 2 rings (SSSR count). The van der Waals surface area contributed by atoms with Crippen molar-refractivity contribution in [3.8, 4) is 0 Å². The third kappa shape index (κ3) is 4.75. The zero-order valence-electron chi connectivity index (χ0n) is 13.1. The Morgan fingerprint density at radius 2 is 2.00 bits per heavy atom. The van der Waals surface area contributed by atoms with Crippen LogP contribution in [0, 0.1) is 0 Å². The molecule has 2 heterocycles. The third-order valence-corrected chi connectivity index (χ3v) is 6.04. The molecule has 0 amide bonds. The zero-order chi connectivity index (χ0) is 15.5. The third-order valence-electron chi connectivity index (χ3n) is 4.29. The molecule has 1 aliphatic rings. The number of quaternary nitrogens is 2. The van der Waals surface area contributed by atoms with Crippen LogP contribution in [0.4, 0.5) is 0 Å². The summed E-state index contributed by atoms with van der Waals surface area (Å²) in [5.41, 5.74) is 0. The highest BCUT2D eigenvalue weighted by atomic mass is 32.2. The highest BCUT2D eigenvalue weighted by Gasteiger charge is 2.35. The number of sulfonamides is 1. The lowest BCUT2D eigenvalue weighted by Crippen LogP contribution is -3.28. The molecule has 0 unspecified atom stereocenters. The fraction of sp³-hybridized carbons (Fsp3) is 0.714. The largest absolute Gasteiger partial charge is 0.326 e. The number of hydrogen-bond donors (Lipinski definition) is 3. The normalized spacial score (nSPS) is 26.4. The second-order valence-electron chi connectivity index (χ2n) is 5.93. The lowest BCUT2D eigenvalue weighted by Gasteiger charge is -2.36. The molecule has 0 aromatic carbocycles. The summed E-state index contributed by atoms with van der Waals surface area (Å²) < 4.78 is 25.9. The molecule has 3 N–H and O–H groups in total. The van der Waals surface area contributed by atoms with Crippen LogP contribution in [0.3, 0.4) is 0 Å². The van der Waals surface area contributed by atoms with Gasteiger partial charge >= 0.3 is 0 Å². The summed E-state index contributed by atoms with van der Waals surface area (Å²) >= 11 is 1.72.